The Kier molecular flexibility index (Phi) is 3.99. The van der Waals surface area contributed by atoms with E-state index in [9.17, 15) is 4.79 Å². The highest BCUT2D eigenvalue weighted by atomic mass is 35.5. The van der Waals surface area contributed by atoms with Gasteiger partial charge in [0.25, 0.3) is 0 Å². The second-order valence-electron chi connectivity index (χ2n) is 5.23. The van der Waals surface area contributed by atoms with Gasteiger partial charge in [-0.2, -0.15) is 0 Å². The Morgan fingerprint density at radius 2 is 1.76 bits per heavy atom. The number of fused-ring (bicyclic) bond motifs is 1. The Bertz CT molecular complexity index is 924. The number of nitrogens with zero attached hydrogens (tertiary/aromatic N) is 2. The van der Waals surface area contributed by atoms with Crippen molar-refractivity contribution in [1.29, 1.82) is 0 Å². The first-order chi connectivity index (χ1) is 12.2. The Morgan fingerprint density at radius 3 is 2.56 bits per heavy atom. The highest BCUT2D eigenvalue weighted by Gasteiger charge is 2.18. The summed E-state index contributed by atoms with van der Waals surface area (Å²) < 4.78 is 16.3. The maximum atomic E-state index is 12.3. The smallest absolute Gasteiger partial charge is 0.313 e. The summed E-state index contributed by atoms with van der Waals surface area (Å²) in [5.41, 5.74) is 1.22. The lowest BCUT2D eigenvalue weighted by molar-refractivity contribution is 0.0990. The molecule has 1 amide bonds. The van der Waals surface area contributed by atoms with Gasteiger partial charge in [-0.05, 0) is 36.4 Å². The third kappa shape index (κ3) is 3.27. The van der Waals surface area contributed by atoms with Gasteiger partial charge in [0.1, 0.15) is 13.2 Å². The van der Waals surface area contributed by atoms with Crippen LogP contribution in [0.2, 0.25) is 5.02 Å². The van der Waals surface area contributed by atoms with Gasteiger partial charge in [-0.25, -0.2) is 0 Å². The molecule has 2 heterocycles. The van der Waals surface area contributed by atoms with E-state index in [4.69, 9.17) is 25.5 Å². The molecule has 1 aliphatic heterocycles. The Labute approximate surface area is 147 Å². The number of hydrogen-bond acceptors (Lipinski definition) is 6. The molecule has 7 nitrogen and oxygen atoms in total. The third-order valence-corrected chi connectivity index (χ3v) is 3.76. The van der Waals surface area contributed by atoms with Crippen LogP contribution in [0.1, 0.15) is 10.7 Å². The zero-order valence-corrected chi connectivity index (χ0v) is 13.6. The molecule has 25 heavy (non-hydrogen) atoms. The molecule has 0 fully saturated rings. The molecular formula is C17H12ClN3O4. The summed E-state index contributed by atoms with van der Waals surface area (Å²) in [5, 5.41) is 11.0. The van der Waals surface area contributed by atoms with Crippen molar-refractivity contribution in [2.45, 2.75) is 0 Å². The highest BCUT2D eigenvalue weighted by molar-refractivity contribution is 6.30. The van der Waals surface area contributed by atoms with Crippen molar-refractivity contribution in [3.05, 3.63) is 53.4 Å². The summed E-state index contributed by atoms with van der Waals surface area (Å²) in [6.07, 6.45) is 0. The van der Waals surface area contributed by atoms with Crippen LogP contribution >= 0.6 is 11.6 Å². The van der Waals surface area contributed by atoms with Crippen molar-refractivity contribution in [1.82, 2.24) is 10.2 Å². The van der Waals surface area contributed by atoms with E-state index >= 15 is 0 Å². The first-order valence-corrected chi connectivity index (χ1v) is 7.87. The van der Waals surface area contributed by atoms with Crippen LogP contribution in [0.3, 0.4) is 0 Å². The number of benzene rings is 2. The van der Waals surface area contributed by atoms with Gasteiger partial charge in [0.05, 0.1) is 0 Å². The lowest BCUT2D eigenvalue weighted by atomic mass is 10.2. The van der Waals surface area contributed by atoms with Crippen molar-refractivity contribution in [3.63, 3.8) is 0 Å². The molecule has 0 saturated heterocycles. The number of halogens is 1. The van der Waals surface area contributed by atoms with E-state index in [2.05, 4.69) is 15.5 Å². The van der Waals surface area contributed by atoms with Crippen molar-refractivity contribution >= 4 is 23.2 Å². The molecule has 3 aromatic rings. The number of aromatic nitrogens is 2. The fourth-order valence-corrected chi connectivity index (χ4v) is 2.46. The van der Waals surface area contributed by atoms with E-state index in [-0.39, 0.29) is 11.8 Å². The molecule has 0 spiro atoms. The van der Waals surface area contributed by atoms with Crippen molar-refractivity contribution in [2.75, 3.05) is 18.5 Å². The maximum Gasteiger partial charge on any atom is 0.313 e. The minimum Gasteiger partial charge on any atom is -0.486 e. The first kappa shape index (κ1) is 15.5. The number of carbonyl (C=O) groups excluding carboxylic acids is 1. The van der Waals surface area contributed by atoms with Crippen LogP contribution in [-0.2, 0) is 0 Å². The molecule has 2 aromatic carbocycles. The van der Waals surface area contributed by atoms with E-state index in [1.165, 1.54) is 0 Å². The van der Waals surface area contributed by atoms with E-state index in [1.807, 2.05) is 0 Å². The van der Waals surface area contributed by atoms with Crippen molar-refractivity contribution < 1.29 is 18.7 Å². The Hall–Kier alpha value is -3.06. The molecule has 0 unspecified atom stereocenters. The highest BCUT2D eigenvalue weighted by Crippen LogP contribution is 2.32. The number of anilines is 1. The van der Waals surface area contributed by atoms with Crippen LogP contribution in [0.15, 0.2) is 46.9 Å². The van der Waals surface area contributed by atoms with Gasteiger partial charge in [0.2, 0.25) is 5.89 Å². The van der Waals surface area contributed by atoms with Crippen LogP contribution in [0, 0.1) is 0 Å². The summed E-state index contributed by atoms with van der Waals surface area (Å²) in [4.78, 5) is 12.3. The number of carbonyl (C=O) groups is 1. The SMILES string of the molecule is O=C(Nc1ccc2c(c1)OCCO2)c1nnc(-c2ccc(Cl)cc2)o1. The lowest BCUT2D eigenvalue weighted by Gasteiger charge is -2.18. The standard InChI is InChI=1S/C17H12ClN3O4/c18-11-3-1-10(2-4-11)16-20-21-17(25-16)15(22)19-12-5-6-13-14(9-12)24-8-7-23-13/h1-6,9H,7-8H2,(H,19,22). The number of ether oxygens (including phenoxy) is 2. The normalized spacial score (nSPS) is 12.7. The average molecular weight is 358 g/mol. The maximum absolute atomic E-state index is 12.3. The molecule has 0 atom stereocenters. The average Bonchev–Trinajstić information content (AvgIpc) is 3.12. The van der Waals surface area contributed by atoms with Crippen LogP contribution < -0.4 is 14.8 Å². The van der Waals surface area contributed by atoms with E-state index < -0.39 is 5.91 Å². The summed E-state index contributed by atoms with van der Waals surface area (Å²) in [6.45, 7) is 0.979. The molecule has 0 saturated carbocycles. The molecule has 4 rings (SSSR count). The first-order valence-electron chi connectivity index (χ1n) is 7.49. The summed E-state index contributed by atoms with van der Waals surface area (Å²) in [7, 11) is 0. The van der Waals surface area contributed by atoms with Crippen LogP contribution in [0.25, 0.3) is 11.5 Å². The fraction of sp³-hybridized carbons (Fsp3) is 0.118. The van der Waals surface area contributed by atoms with E-state index in [0.29, 0.717) is 41.0 Å². The molecular weight excluding hydrogens is 346 g/mol. The van der Waals surface area contributed by atoms with Gasteiger partial charge in [0.15, 0.2) is 11.5 Å². The number of rotatable bonds is 3. The quantitative estimate of drug-likeness (QED) is 0.773. The second kappa shape index (κ2) is 6.45. The van der Waals surface area contributed by atoms with Gasteiger partial charge < -0.3 is 19.2 Å². The minimum atomic E-state index is -0.510. The van der Waals surface area contributed by atoms with Crippen molar-refractivity contribution in [2.24, 2.45) is 0 Å². The predicted octanol–water partition coefficient (Wildman–Crippen LogP) is 3.41. The van der Waals surface area contributed by atoms with Gasteiger partial charge >= 0.3 is 11.8 Å². The summed E-state index contributed by atoms with van der Waals surface area (Å²) in [6, 6.07) is 12.0. The second-order valence-corrected chi connectivity index (χ2v) is 5.67. The predicted molar refractivity (Wildman–Crippen MR) is 90.1 cm³/mol. The summed E-state index contributed by atoms with van der Waals surface area (Å²) in [5.74, 6) is 0.816. The molecule has 126 valence electrons. The third-order valence-electron chi connectivity index (χ3n) is 3.51. The zero-order valence-electron chi connectivity index (χ0n) is 12.9. The number of amides is 1. The van der Waals surface area contributed by atoms with Crippen molar-refractivity contribution in [3.8, 4) is 23.0 Å². The van der Waals surface area contributed by atoms with Gasteiger partial charge in [-0.3, -0.25) is 4.79 Å². The molecule has 1 N–H and O–H groups in total. The van der Waals surface area contributed by atoms with Gasteiger partial charge in [-0.15, -0.1) is 10.2 Å². The molecule has 0 aliphatic carbocycles. The van der Waals surface area contributed by atoms with Crippen LogP contribution in [0.5, 0.6) is 11.5 Å². The molecule has 0 radical (unpaired) electrons. The van der Waals surface area contributed by atoms with E-state index in [0.717, 1.165) is 0 Å². The van der Waals surface area contributed by atoms with Gasteiger partial charge in [0, 0.05) is 22.3 Å². The lowest BCUT2D eigenvalue weighted by Crippen LogP contribution is -2.16. The largest absolute Gasteiger partial charge is 0.486 e. The summed E-state index contributed by atoms with van der Waals surface area (Å²) >= 11 is 5.85. The van der Waals surface area contributed by atoms with E-state index in [1.54, 1.807) is 42.5 Å². The fourth-order valence-electron chi connectivity index (χ4n) is 2.33. The monoisotopic (exact) mass is 357 g/mol. The topological polar surface area (TPSA) is 86.5 Å². The molecule has 1 aliphatic rings. The van der Waals surface area contributed by atoms with Crippen LogP contribution in [-0.4, -0.2) is 29.3 Å². The molecule has 8 heteroatoms. The minimum absolute atomic E-state index is 0.139. The zero-order chi connectivity index (χ0) is 17.2. The Balaban J connectivity index is 1.51. The molecule has 1 aromatic heterocycles. The van der Waals surface area contributed by atoms with Gasteiger partial charge in [-0.1, -0.05) is 11.6 Å². The Morgan fingerprint density at radius 1 is 1.00 bits per heavy atom. The number of hydrogen-bond donors (Lipinski definition) is 1. The number of nitrogens with one attached hydrogen (secondary N) is 1. The molecule has 0 bridgehead atoms. The van der Waals surface area contributed by atoms with Crippen LogP contribution in [0.4, 0.5) is 5.69 Å².